The molecule has 0 saturated carbocycles. The molecule has 0 atom stereocenters. The Morgan fingerprint density at radius 3 is 2.38 bits per heavy atom. The third-order valence-electron chi connectivity index (χ3n) is 3.50. The maximum atomic E-state index is 12.0. The second-order valence-electron chi connectivity index (χ2n) is 4.55. The van der Waals surface area contributed by atoms with E-state index in [-0.39, 0.29) is 18.4 Å². The highest BCUT2D eigenvalue weighted by molar-refractivity contribution is 5.79. The summed E-state index contributed by atoms with van der Waals surface area (Å²) in [7, 11) is 0. The fraction of sp³-hybridized carbons (Fsp3) is 0.917. The summed E-state index contributed by atoms with van der Waals surface area (Å²) in [6.07, 6.45) is 3.10. The summed E-state index contributed by atoms with van der Waals surface area (Å²) >= 11 is 0. The third-order valence-corrected chi connectivity index (χ3v) is 3.50. The van der Waals surface area contributed by atoms with Crippen LogP contribution in [-0.2, 0) is 9.53 Å². The summed E-state index contributed by atoms with van der Waals surface area (Å²) in [6, 6.07) is 0. The molecule has 0 aliphatic carbocycles. The van der Waals surface area contributed by atoms with E-state index in [9.17, 15) is 9.90 Å². The highest BCUT2D eigenvalue weighted by Gasteiger charge is 2.34. The molecular weight excluding hydrogens is 206 g/mol. The second kappa shape index (κ2) is 6.21. The molecule has 0 aromatic heterocycles. The van der Waals surface area contributed by atoms with Crippen molar-refractivity contribution in [3.63, 3.8) is 0 Å². The number of ether oxygens (including phenoxy) is 1. The third kappa shape index (κ3) is 3.19. The van der Waals surface area contributed by atoms with Gasteiger partial charge in [0.25, 0.3) is 0 Å². The van der Waals surface area contributed by atoms with E-state index in [0.29, 0.717) is 26.1 Å². The molecule has 0 spiro atoms. The smallest absolute Gasteiger partial charge is 0.223 e. The molecule has 1 heterocycles. The number of aliphatic hydroxyl groups is 1. The molecule has 4 nitrogen and oxygen atoms in total. The number of hydrogen-bond donors (Lipinski definition) is 2. The van der Waals surface area contributed by atoms with E-state index in [1.165, 1.54) is 0 Å². The van der Waals surface area contributed by atoms with Crippen LogP contribution in [0.15, 0.2) is 0 Å². The van der Waals surface area contributed by atoms with Gasteiger partial charge in [-0.3, -0.25) is 4.79 Å². The van der Waals surface area contributed by atoms with Crippen molar-refractivity contribution in [3.8, 4) is 0 Å². The Kier molecular flexibility index (Phi) is 5.22. The van der Waals surface area contributed by atoms with Crippen molar-refractivity contribution in [2.75, 3.05) is 19.8 Å². The largest absolute Gasteiger partial charge is 0.394 e. The zero-order valence-corrected chi connectivity index (χ0v) is 10.3. The van der Waals surface area contributed by atoms with Crippen LogP contribution >= 0.6 is 0 Å². The molecule has 0 radical (unpaired) electrons. The van der Waals surface area contributed by atoms with Crippen LogP contribution < -0.4 is 5.32 Å². The molecule has 1 saturated heterocycles. The van der Waals surface area contributed by atoms with Gasteiger partial charge in [-0.25, -0.2) is 0 Å². The Morgan fingerprint density at radius 1 is 1.38 bits per heavy atom. The monoisotopic (exact) mass is 229 g/mol. The lowest BCUT2D eigenvalue weighted by Crippen LogP contribution is -2.55. The van der Waals surface area contributed by atoms with Gasteiger partial charge in [0.15, 0.2) is 0 Å². The van der Waals surface area contributed by atoms with E-state index >= 15 is 0 Å². The minimum Gasteiger partial charge on any atom is -0.394 e. The van der Waals surface area contributed by atoms with Crippen LogP contribution in [-0.4, -0.2) is 36.4 Å². The van der Waals surface area contributed by atoms with E-state index in [1.807, 2.05) is 13.8 Å². The number of carbonyl (C=O) groups is 1. The summed E-state index contributed by atoms with van der Waals surface area (Å²) in [5.41, 5.74) is -0.447. The molecule has 2 N–H and O–H groups in total. The Labute approximate surface area is 97.4 Å². The van der Waals surface area contributed by atoms with Crippen molar-refractivity contribution in [2.24, 2.45) is 5.92 Å². The molecule has 1 fully saturated rings. The standard InChI is InChI=1S/C12H23NO3/c1-3-10(4-2)11(15)13-12(9-14)5-7-16-8-6-12/h10,14H,3-9H2,1-2H3,(H,13,15). The molecule has 4 heteroatoms. The topological polar surface area (TPSA) is 58.6 Å². The van der Waals surface area contributed by atoms with Gasteiger partial charge in [0, 0.05) is 19.1 Å². The number of amides is 1. The van der Waals surface area contributed by atoms with Crippen molar-refractivity contribution < 1.29 is 14.6 Å². The van der Waals surface area contributed by atoms with Crippen LogP contribution in [0.25, 0.3) is 0 Å². The lowest BCUT2D eigenvalue weighted by Gasteiger charge is -2.37. The highest BCUT2D eigenvalue weighted by Crippen LogP contribution is 2.21. The van der Waals surface area contributed by atoms with Crippen molar-refractivity contribution in [1.82, 2.24) is 5.32 Å². The van der Waals surface area contributed by atoms with Crippen molar-refractivity contribution in [2.45, 2.75) is 45.1 Å². The molecule has 1 aliphatic rings. The minimum atomic E-state index is -0.447. The van der Waals surface area contributed by atoms with Crippen LogP contribution in [0, 0.1) is 5.92 Å². The molecule has 1 rings (SSSR count). The van der Waals surface area contributed by atoms with Crippen molar-refractivity contribution in [1.29, 1.82) is 0 Å². The summed E-state index contributed by atoms with van der Waals surface area (Å²) in [6.45, 7) is 5.27. The van der Waals surface area contributed by atoms with Gasteiger partial charge in [0.2, 0.25) is 5.91 Å². The van der Waals surface area contributed by atoms with E-state index in [1.54, 1.807) is 0 Å². The molecule has 0 bridgehead atoms. The van der Waals surface area contributed by atoms with Crippen LogP contribution in [0.4, 0.5) is 0 Å². The quantitative estimate of drug-likeness (QED) is 0.741. The highest BCUT2D eigenvalue weighted by atomic mass is 16.5. The van der Waals surface area contributed by atoms with E-state index in [0.717, 1.165) is 12.8 Å². The van der Waals surface area contributed by atoms with Gasteiger partial charge >= 0.3 is 0 Å². The molecule has 0 aromatic rings. The second-order valence-corrected chi connectivity index (χ2v) is 4.55. The Bertz CT molecular complexity index is 220. The normalized spacial score (nSPS) is 19.8. The van der Waals surface area contributed by atoms with Gasteiger partial charge in [-0.15, -0.1) is 0 Å². The van der Waals surface area contributed by atoms with Crippen molar-refractivity contribution in [3.05, 3.63) is 0 Å². The fourth-order valence-corrected chi connectivity index (χ4v) is 2.11. The van der Waals surface area contributed by atoms with E-state index < -0.39 is 5.54 Å². The average molecular weight is 229 g/mol. The minimum absolute atomic E-state index is 0.00223. The van der Waals surface area contributed by atoms with Crippen LogP contribution in [0.5, 0.6) is 0 Å². The summed E-state index contributed by atoms with van der Waals surface area (Å²) in [5, 5.41) is 12.5. The fourth-order valence-electron chi connectivity index (χ4n) is 2.11. The first-order valence-corrected chi connectivity index (χ1v) is 6.18. The Morgan fingerprint density at radius 2 is 1.94 bits per heavy atom. The predicted octanol–water partition coefficient (Wildman–Crippen LogP) is 1.08. The number of aliphatic hydroxyl groups excluding tert-OH is 1. The van der Waals surface area contributed by atoms with Gasteiger partial charge in [0.05, 0.1) is 12.1 Å². The number of rotatable bonds is 5. The van der Waals surface area contributed by atoms with Gasteiger partial charge in [-0.05, 0) is 25.7 Å². The first-order chi connectivity index (χ1) is 7.67. The van der Waals surface area contributed by atoms with Gasteiger partial charge in [0.1, 0.15) is 0 Å². The zero-order valence-electron chi connectivity index (χ0n) is 10.3. The first-order valence-electron chi connectivity index (χ1n) is 6.18. The van der Waals surface area contributed by atoms with Gasteiger partial charge in [-0.1, -0.05) is 13.8 Å². The molecule has 1 amide bonds. The number of hydrogen-bond acceptors (Lipinski definition) is 3. The molecular formula is C12H23NO3. The van der Waals surface area contributed by atoms with Crippen LogP contribution in [0.2, 0.25) is 0 Å². The summed E-state index contributed by atoms with van der Waals surface area (Å²) in [4.78, 5) is 12.0. The summed E-state index contributed by atoms with van der Waals surface area (Å²) < 4.78 is 5.26. The Hall–Kier alpha value is -0.610. The maximum Gasteiger partial charge on any atom is 0.223 e. The maximum absolute atomic E-state index is 12.0. The lowest BCUT2D eigenvalue weighted by atomic mass is 9.89. The zero-order chi connectivity index (χ0) is 12.0. The molecule has 94 valence electrons. The summed E-state index contributed by atoms with van der Waals surface area (Å²) in [5.74, 6) is 0.132. The number of carbonyl (C=O) groups excluding carboxylic acids is 1. The molecule has 1 aliphatic heterocycles. The van der Waals surface area contributed by atoms with Gasteiger partial charge in [-0.2, -0.15) is 0 Å². The molecule has 16 heavy (non-hydrogen) atoms. The Balaban J connectivity index is 2.57. The molecule has 0 unspecified atom stereocenters. The first kappa shape index (κ1) is 13.5. The lowest BCUT2D eigenvalue weighted by molar-refractivity contribution is -0.129. The van der Waals surface area contributed by atoms with E-state index in [2.05, 4.69) is 5.32 Å². The van der Waals surface area contributed by atoms with Crippen molar-refractivity contribution >= 4 is 5.91 Å². The molecule has 0 aromatic carbocycles. The van der Waals surface area contributed by atoms with E-state index in [4.69, 9.17) is 4.74 Å². The predicted molar refractivity (Wildman–Crippen MR) is 62.1 cm³/mol. The van der Waals surface area contributed by atoms with Crippen LogP contribution in [0.1, 0.15) is 39.5 Å². The SMILES string of the molecule is CCC(CC)C(=O)NC1(CO)CCOCC1. The average Bonchev–Trinajstić information content (AvgIpc) is 2.32. The van der Waals surface area contributed by atoms with Gasteiger partial charge < -0.3 is 15.2 Å². The van der Waals surface area contributed by atoms with Crippen LogP contribution in [0.3, 0.4) is 0 Å². The number of nitrogens with one attached hydrogen (secondary N) is 1.